The van der Waals surface area contributed by atoms with Crippen molar-refractivity contribution in [3.05, 3.63) is 88.8 Å². The van der Waals surface area contributed by atoms with Crippen molar-refractivity contribution >= 4 is 17.3 Å². The van der Waals surface area contributed by atoms with Crippen molar-refractivity contribution in [1.29, 1.82) is 0 Å². The van der Waals surface area contributed by atoms with E-state index < -0.39 is 0 Å². The van der Waals surface area contributed by atoms with Gasteiger partial charge in [0.2, 0.25) is 0 Å². The quantitative estimate of drug-likeness (QED) is 0.426. The Kier molecular flexibility index (Phi) is 13.0. The van der Waals surface area contributed by atoms with Crippen LogP contribution < -0.4 is 0 Å². The maximum absolute atomic E-state index is 11.5. The third-order valence-corrected chi connectivity index (χ3v) is 8.34. The molecule has 0 amide bonds. The van der Waals surface area contributed by atoms with Gasteiger partial charge in [-0.3, -0.25) is 44.0 Å². The molecule has 3 aromatic rings. The minimum Gasteiger partial charge on any atom is -0.298 e. The Morgan fingerprint density at radius 1 is 0.614 bits per heavy atom. The standard InChI is InChI=1S/3C11H14N2O.C2H6/c1-8(14)11-10-3-5-12-7-9(10)4-6-13(11)2;1-8(14)11-10-7-12-5-3-9(10)4-6-13(11)2;1-8(14)11-10-9(4-3-6-12-10)5-7-13(11)2;1-2/h2*3,5,7,11H,4,6H2,1-2H3;3-4,6,11H,5,7H2,1-2H3;1-2H3. The van der Waals surface area contributed by atoms with Crippen molar-refractivity contribution in [2.24, 2.45) is 0 Å². The zero-order valence-electron chi connectivity index (χ0n) is 27.6. The van der Waals surface area contributed by atoms with E-state index in [1.54, 1.807) is 39.4 Å². The predicted molar refractivity (Wildman–Crippen MR) is 173 cm³/mol. The fourth-order valence-corrected chi connectivity index (χ4v) is 6.25. The van der Waals surface area contributed by atoms with Crippen LogP contribution in [-0.4, -0.2) is 87.8 Å². The van der Waals surface area contributed by atoms with Gasteiger partial charge in [-0.2, -0.15) is 0 Å². The molecule has 3 aliphatic rings. The second-order valence-corrected chi connectivity index (χ2v) is 11.4. The Hall–Kier alpha value is -3.66. The van der Waals surface area contributed by atoms with Crippen LogP contribution in [0, 0.1) is 0 Å². The number of hydrogen-bond donors (Lipinski definition) is 0. The molecular formula is C35H48N6O3. The number of rotatable bonds is 3. The Labute approximate surface area is 262 Å². The number of fused-ring (bicyclic) bond motifs is 3. The van der Waals surface area contributed by atoms with Crippen LogP contribution in [0.3, 0.4) is 0 Å². The molecule has 0 aromatic carbocycles. The van der Waals surface area contributed by atoms with Crippen molar-refractivity contribution in [3.63, 3.8) is 0 Å². The molecule has 0 fully saturated rings. The summed E-state index contributed by atoms with van der Waals surface area (Å²) in [6, 6.07) is 7.66. The van der Waals surface area contributed by atoms with Crippen LogP contribution in [0.25, 0.3) is 0 Å². The van der Waals surface area contributed by atoms with Crippen LogP contribution in [0.1, 0.15) is 86.3 Å². The molecule has 3 atom stereocenters. The second-order valence-electron chi connectivity index (χ2n) is 11.4. The summed E-state index contributed by atoms with van der Waals surface area (Å²) in [6.45, 7) is 11.7. The Morgan fingerprint density at radius 3 is 1.73 bits per heavy atom. The van der Waals surface area contributed by atoms with Crippen LogP contribution in [0.5, 0.6) is 0 Å². The molecule has 6 rings (SSSR count). The summed E-state index contributed by atoms with van der Waals surface area (Å²) in [5.74, 6) is 0.577. The maximum atomic E-state index is 11.5. The van der Waals surface area contributed by atoms with E-state index in [4.69, 9.17) is 0 Å². The average Bonchev–Trinajstić information content (AvgIpc) is 3.02. The monoisotopic (exact) mass is 600 g/mol. The first-order chi connectivity index (χ1) is 21.1. The molecule has 44 heavy (non-hydrogen) atoms. The van der Waals surface area contributed by atoms with E-state index in [9.17, 15) is 14.4 Å². The highest BCUT2D eigenvalue weighted by Gasteiger charge is 2.30. The average molecular weight is 601 g/mol. The lowest BCUT2D eigenvalue weighted by Gasteiger charge is -2.32. The molecule has 0 radical (unpaired) electrons. The number of aromatic nitrogens is 3. The predicted octanol–water partition coefficient (Wildman–Crippen LogP) is 4.63. The van der Waals surface area contributed by atoms with Crippen LogP contribution in [0.15, 0.2) is 55.2 Å². The SMILES string of the molecule is CC.CC(=O)C1c2ccncc2CCN1C.CC(=O)C1c2cnccc2CCN1C.CC(=O)C1c2ncccc2CCN1C. The first-order valence-electron chi connectivity index (χ1n) is 15.5. The molecule has 6 heterocycles. The van der Waals surface area contributed by atoms with Gasteiger partial charge in [0, 0.05) is 50.6 Å². The van der Waals surface area contributed by atoms with Gasteiger partial charge in [0.15, 0.2) is 17.3 Å². The third-order valence-electron chi connectivity index (χ3n) is 8.34. The van der Waals surface area contributed by atoms with E-state index in [1.807, 2.05) is 65.6 Å². The highest BCUT2D eigenvalue weighted by atomic mass is 16.1. The van der Waals surface area contributed by atoms with E-state index in [1.165, 1.54) is 16.7 Å². The zero-order valence-corrected chi connectivity index (χ0v) is 27.6. The highest BCUT2D eigenvalue weighted by molar-refractivity contribution is 5.84. The van der Waals surface area contributed by atoms with Crippen LogP contribution in [0.2, 0.25) is 0 Å². The van der Waals surface area contributed by atoms with Gasteiger partial charge in [0.1, 0.15) is 6.04 Å². The fraction of sp³-hybridized carbons (Fsp3) is 0.486. The minimum atomic E-state index is -0.139. The van der Waals surface area contributed by atoms with Gasteiger partial charge in [-0.1, -0.05) is 19.9 Å². The molecule has 9 nitrogen and oxygen atoms in total. The van der Waals surface area contributed by atoms with E-state index in [0.29, 0.717) is 0 Å². The van der Waals surface area contributed by atoms with Gasteiger partial charge in [0.05, 0.1) is 17.8 Å². The van der Waals surface area contributed by atoms with E-state index >= 15 is 0 Å². The number of ketones is 3. The number of nitrogens with zero attached hydrogens (tertiary/aromatic N) is 6. The molecule has 0 N–H and O–H groups in total. The lowest BCUT2D eigenvalue weighted by Crippen LogP contribution is -2.36. The number of hydrogen-bond acceptors (Lipinski definition) is 9. The van der Waals surface area contributed by atoms with Crippen LogP contribution >= 0.6 is 0 Å². The topological polar surface area (TPSA) is 99.6 Å². The molecule has 236 valence electrons. The molecule has 0 spiro atoms. The number of carbonyl (C=O) groups is 3. The van der Waals surface area contributed by atoms with E-state index in [2.05, 4.69) is 35.7 Å². The number of pyridine rings is 3. The van der Waals surface area contributed by atoms with Gasteiger partial charge in [-0.05, 0) is 107 Å². The van der Waals surface area contributed by atoms with Gasteiger partial charge < -0.3 is 0 Å². The highest BCUT2D eigenvalue weighted by Crippen LogP contribution is 2.29. The molecular weight excluding hydrogens is 552 g/mol. The summed E-state index contributed by atoms with van der Waals surface area (Å²) in [4.78, 5) is 53.2. The van der Waals surface area contributed by atoms with Gasteiger partial charge in [-0.25, -0.2) is 0 Å². The molecule has 0 bridgehead atoms. The van der Waals surface area contributed by atoms with Crippen molar-refractivity contribution in [3.8, 4) is 0 Å². The van der Waals surface area contributed by atoms with Crippen molar-refractivity contribution in [1.82, 2.24) is 29.7 Å². The van der Waals surface area contributed by atoms with E-state index in [0.717, 1.165) is 55.7 Å². The summed E-state index contributed by atoms with van der Waals surface area (Å²) < 4.78 is 0. The smallest absolute Gasteiger partial charge is 0.153 e. The summed E-state index contributed by atoms with van der Waals surface area (Å²) in [5, 5.41) is 0. The van der Waals surface area contributed by atoms with Crippen LogP contribution in [0.4, 0.5) is 0 Å². The maximum Gasteiger partial charge on any atom is 0.153 e. The molecule has 9 heteroatoms. The van der Waals surface area contributed by atoms with Crippen molar-refractivity contribution in [2.45, 2.75) is 72.0 Å². The summed E-state index contributed by atoms with van der Waals surface area (Å²) >= 11 is 0. The molecule has 3 aliphatic heterocycles. The molecule has 3 aromatic heterocycles. The Bertz CT molecular complexity index is 1260. The normalized spacial score (nSPS) is 20.9. The Morgan fingerprint density at radius 2 is 1.11 bits per heavy atom. The lowest BCUT2D eigenvalue weighted by atomic mass is 9.93. The fourth-order valence-electron chi connectivity index (χ4n) is 6.25. The largest absolute Gasteiger partial charge is 0.298 e. The zero-order chi connectivity index (χ0) is 32.4. The summed E-state index contributed by atoms with van der Waals surface area (Å²) in [5.41, 5.74) is 6.83. The molecule has 3 unspecified atom stereocenters. The first kappa shape index (κ1) is 34.8. The van der Waals surface area contributed by atoms with Crippen LogP contribution in [-0.2, 0) is 33.6 Å². The van der Waals surface area contributed by atoms with Gasteiger partial charge >= 0.3 is 0 Å². The van der Waals surface area contributed by atoms with Gasteiger partial charge in [-0.15, -0.1) is 0 Å². The first-order valence-corrected chi connectivity index (χ1v) is 15.5. The molecule has 0 saturated carbocycles. The lowest BCUT2D eigenvalue weighted by molar-refractivity contribution is -0.123. The number of likely N-dealkylation sites (N-methyl/N-ethyl adjacent to an activating group) is 3. The van der Waals surface area contributed by atoms with E-state index in [-0.39, 0.29) is 35.5 Å². The summed E-state index contributed by atoms with van der Waals surface area (Å²) in [6.07, 6.45) is 12.0. The molecule has 0 saturated heterocycles. The minimum absolute atomic E-state index is 0.0678. The van der Waals surface area contributed by atoms with Crippen molar-refractivity contribution < 1.29 is 14.4 Å². The summed E-state index contributed by atoms with van der Waals surface area (Å²) in [7, 11) is 5.96. The molecule has 0 aliphatic carbocycles. The second kappa shape index (κ2) is 16.4. The van der Waals surface area contributed by atoms with Crippen molar-refractivity contribution in [2.75, 3.05) is 40.8 Å². The third kappa shape index (κ3) is 8.28. The Balaban J connectivity index is 0.000000175. The number of carbonyl (C=O) groups excluding carboxylic acids is 3. The van der Waals surface area contributed by atoms with Gasteiger partial charge in [0.25, 0.3) is 0 Å². The number of Topliss-reactive ketones (excluding diaryl/α,β-unsaturated/α-hetero) is 3.